The predicted octanol–water partition coefficient (Wildman–Crippen LogP) is 2.78. The van der Waals surface area contributed by atoms with Gasteiger partial charge in [-0.05, 0) is 11.6 Å². The number of ketones is 1. The third-order valence-electron chi connectivity index (χ3n) is 4.12. The fourth-order valence-corrected chi connectivity index (χ4v) is 3.55. The average Bonchev–Trinajstić information content (AvgIpc) is 3.11. The van der Waals surface area contributed by atoms with E-state index in [9.17, 15) is 19.2 Å². The molecule has 3 amide bonds. The molecule has 0 spiro atoms. The minimum atomic E-state index is -1.31. The van der Waals surface area contributed by atoms with E-state index in [0.717, 1.165) is 10.4 Å². The number of amides is 3. The molecule has 1 aliphatic rings. The summed E-state index contributed by atoms with van der Waals surface area (Å²) < 4.78 is 5.33. The molecule has 1 aromatic heterocycles. The van der Waals surface area contributed by atoms with Crippen molar-refractivity contribution in [1.29, 1.82) is 0 Å². The molecule has 0 fully saturated rings. The van der Waals surface area contributed by atoms with Crippen LogP contribution in [0.25, 0.3) is 10.4 Å². The van der Waals surface area contributed by atoms with Crippen LogP contribution < -0.4 is 15.4 Å². The number of benzene rings is 1. The maximum atomic E-state index is 12.4. The number of rotatable bonds is 5. The summed E-state index contributed by atoms with van der Waals surface area (Å²) in [7, 11) is 1.49. The number of nitrogens with zero attached hydrogens (tertiary/aromatic N) is 1. The molecule has 2 N–H and O–H groups in total. The van der Waals surface area contributed by atoms with Gasteiger partial charge < -0.3 is 20.3 Å². The number of anilines is 1. The maximum absolute atomic E-state index is 12.4. The number of likely N-dealkylation sites (N-methyl/N-ethyl adjacent to an activating group) is 1. The van der Waals surface area contributed by atoms with E-state index >= 15 is 0 Å². The largest absolute Gasteiger partial charge is 0.413 e. The van der Waals surface area contributed by atoms with Crippen LogP contribution in [-0.4, -0.2) is 41.7 Å². The first-order valence-corrected chi connectivity index (χ1v) is 9.67. The number of hydrogen-bond acceptors (Lipinski definition) is 6. The molecule has 1 aliphatic heterocycles. The summed E-state index contributed by atoms with van der Waals surface area (Å²) in [6.45, 7) is 1.66. The highest BCUT2D eigenvalue weighted by Crippen LogP contribution is 2.41. The van der Waals surface area contributed by atoms with Crippen molar-refractivity contribution in [3.63, 3.8) is 0 Å². The van der Waals surface area contributed by atoms with Crippen LogP contribution in [0.15, 0.2) is 48.7 Å². The number of carbonyl (C=O) groups excluding carboxylic acids is 4. The Morgan fingerprint density at radius 2 is 1.93 bits per heavy atom. The second-order valence-corrected chi connectivity index (χ2v) is 7.22. The lowest BCUT2D eigenvalue weighted by Gasteiger charge is -2.23. The first kappa shape index (κ1) is 20.3. The van der Waals surface area contributed by atoms with Gasteiger partial charge in [0.25, 0.3) is 5.91 Å². The predicted molar refractivity (Wildman–Crippen MR) is 109 cm³/mol. The van der Waals surface area contributed by atoms with Crippen LogP contribution in [0, 0.1) is 0 Å². The van der Waals surface area contributed by atoms with Gasteiger partial charge in [-0.15, -0.1) is 0 Å². The van der Waals surface area contributed by atoms with Gasteiger partial charge in [0.05, 0.1) is 5.69 Å². The smallest absolute Gasteiger partial charge is 0.320 e. The van der Waals surface area contributed by atoms with Crippen molar-refractivity contribution in [3.8, 4) is 15.5 Å². The first-order valence-electron chi connectivity index (χ1n) is 8.85. The molecule has 0 saturated carbocycles. The first-order chi connectivity index (χ1) is 13.9. The molecule has 3 rings (SSSR count). The highest BCUT2D eigenvalue weighted by Gasteiger charge is 2.32. The van der Waals surface area contributed by atoms with Crippen molar-refractivity contribution in [2.75, 3.05) is 12.4 Å². The van der Waals surface area contributed by atoms with E-state index in [1.165, 1.54) is 35.6 Å². The molecule has 8 nitrogen and oxygen atoms in total. The second kappa shape index (κ2) is 8.70. The van der Waals surface area contributed by atoms with Gasteiger partial charge in [-0.2, -0.15) is 0 Å². The maximum Gasteiger partial charge on any atom is 0.320 e. The van der Waals surface area contributed by atoms with Crippen molar-refractivity contribution < 1.29 is 23.9 Å². The summed E-state index contributed by atoms with van der Waals surface area (Å²) in [4.78, 5) is 50.2. The standard InChI is InChI=1S/C20H19N3O5S/c1-3-16(25)28-19-13(11-15(29-19)12-7-5-4-6-8-12)21-20(27)22-17-14(24)9-10-23(2)18(17)26/h4-11,17H,3H2,1-2H3,(H2,21,22,27). The van der Waals surface area contributed by atoms with Gasteiger partial charge in [0.1, 0.15) is 0 Å². The monoisotopic (exact) mass is 413 g/mol. The molecular weight excluding hydrogens is 394 g/mol. The minimum absolute atomic E-state index is 0.175. The summed E-state index contributed by atoms with van der Waals surface area (Å²) >= 11 is 1.21. The lowest BCUT2D eigenvalue weighted by molar-refractivity contribution is -0.135. The van der Waals surface area contributed by atoms with E-state index in [0.29, 0.717) is 0 Å². The van der Waals surface area contributed by atoms with Crippen LogP contribution >= 0.6 is 11.3 Å². The highest BCUT2D eigenvalue weighted by molar-refractivity contribution is 7.18. The number of esters is 1. The normalized spacial score (nSPS) is 15.9. The zero-order chi connectivity index (χ0) is 21.0. The van der Waals surface area contributed by atoms with Crippen molar-refractivity contribution in [1.82, 2.24) is 10.2 Å². The third-order valence-corrected chi connectivity index (χ3v) is 5.18. The SMILES string of the molecule is CCC(=O)Oc1sc(-c2ccccc2)cc1NC(=O)NC1C(=O)C=CN(C)C1=O. The molecular formula is C20H19N3O5S. The molecule has 1 aromatic carbocycles. The van der Waals surface area contributed by atoms with Gasteiger partial charge in [-0.25, -0.2) is 4.79 Å². The van der Waals surface area contributed by atoms with Crippen molar-refractivity contribution in [3.05, 3.63) is 48.7 Å². The molecule has 0 radical (unpaired) electrons. The molecule has 0 aliphatic carbocycles. The molecule has 0 bridgehead atoms. The van der Waals surface area contributed by atoms with Crippen molar-refractivity contribution in [2.24, 2.45) is 0 Å². The molecule has 1 atom stereocenters. The topological polar surface area (TPSA) is 105 Å². The molecule has 1 unspecified atom stereocenters. The Hall–Kier alpha value is -3.46. The summed E-state index contributed by atoms with van der Waals surface area (Å²) in [5.74, 6) is -1.50. The summed E-state index contributed by atoms with van der Waals surface area (Å²) in [5.41, 5.74) is 1.16. The van der Waals surface area contributed by atoms with E-state index in [2.05, 4.69) is 10.6 Å². The molecule has 2 heterocycles. The number of ether oxygens (including phenoxy) is 1. The van der Waals surface area contributed by atoms with E-state index in [1.54, 1.807) is 13.0 Å². The number of nitrogens with one attached hydrogen (secondary N) is 2. The lowest BCUT2D eigenvalue weighted by Crippen LogP contribution is -2.53. The molecule has 9 heteroatoms. The van der Waals surface area contributed by atoms with E-state index in [1.807, 2.05) is 30.3 Å². The molecule has 2 aromatic rings. The second-order valence-electron chi connectivity index (χ2n) is 6.20. The summed E-state index contributed by atoms with van der Waals surface area (Å²) in [6.07, 6.45) is 2.74. The van der Waals surface area contributed by atoms with Crippen molar-refractivity contribution in [2.45, 2.75) is 19.4 Å². The van der Waals surface area contributed by atoms with E-state index < -0.39 is 29.7 Å². The fraction of sp³-hybridized carbons (Fsp3) is 0.200. The van der Waals surface area contributed by atoms with Gasteiger partial charge >= 0.3 is 12.0 Å². The Kier molecular flexibility index (Phi) is 6.08. The van der Waals surface area contributed by atoms with Crippen LogP contribution in [0.2, 0.25) is 0 Å². The Labute approximate surface area is 171 Å². The van der Waals surface area contributed by atoms with Crippen LogP contribution in [-0.2, 0) is 14.4 Å². The summed E-state index contributed by atoms with van der Waals surface area (Å²) in [5, 5.41) is 5.16. The number of carbonyl (C=O) groups is 4. The van der Waals surface area contributed by atoms with E-state index in [4.69, 9.17) is 4.74 Å². The van der Waals surface area contributed by atoms with Gasteiger partial charge in [0.2, 0.25) is 5.06 Å². The van der Waals surface area contributed by atoms with Crippen LogP contribution in [0.3, 0.4) is 0 Å². The Balaban J connectivity index is 1.81. The summed E-state index contributed by atoms with van der Waals surface area (Å²) in [6, 6.07) is 9.02. The van der Waals surface area contributed by atoms with Crippen molar-refractivity contribution >= 4 is 40.7 Å². The minimum Gasteiger partial charge on any atom is -0.413 e. The van der Waals surface area contributed by atoms with Gasteiger partial charge in [-0.1, -0.05) is 48.6 Å². The Bertz CT molecular complexity index is 983. The fourth-order valence-electron chi connectivity index (χ4n) is 2.56. The number of thiophene rings is 1. The Morgan fingerprint density at radius 3 is 2.62 bits per heavy atom. The zero-order valence-electron chi connectivity index (χ0n) is 15.8. The number of urea groups is 1. The number of hydrogen-bond donors (Lipinski definition) is 2. The van der Waals surface area contributed by atoms with E-state index in [-0.39, 0.29) is 17.2 Å². The van der Waals surface area contributed by atoms with Crippen LogP contribution in [0.5, 0.6) is 5.06 Å². The zero-order valence-corrected chi connectivity index (χ0v) is 16.6. The Morgan fingerprint density at radius 1 is 1.21 bits per heavy atom. The highest BCUT2D eigenvalue weighted by atomic mass is 32.1. The molecule has 0 saturated heterocycles. The average molecular weight is 413 g/mol. The van der Waals surface area contributed by atoms with Crippen LogP contribution in [0.4, 0.5) is 10.5 Å². The molecule has 29 heavy (non-hydrogen) atoms. The van der Waals surface area contributed by atoms with Crippen LogP contribution in [0.1, 0.15) is 13.3 Å². The van der Waals surface area contributed by atoms with Gasteiger partial charge in [0.15, 0.2) is 11.8 Å². The lowest BCUT2D eigenvalue weighted by atomic mass is 10.1. The third kappa shape index (κ3) is 4.69. The molecule has 150 valence electrons. The van der Waals surface area contributed by atoms with Gasteiger partial charge in [-0.3, -0.25) is 14.4 Å². The quantitative estimate of drug-likeness (QED) is 0.579. The van der Waals surface area contributed by atoms with Gasteiger partial charge in [0, 0.05) is 30.6 Å².